The summed E-state index contributed by atoms with van der Waals surface area (Å²) in [4.78, 5) is 15.0. The Morgan fingerprint density at radius 1 is 1.15 bits per heavy atom. The number of halogens is 3. The molecule has 0 aliphatic heterocycles. The number of hydrogen-bond donors (Lipinski definition) is 1. The predicted octanol–water partition coefficient (Wildman–Crippen LogP) is 5.53. The topological polar surface area (TPSA) is 42.1 Å². The normalized spacial score (nSPS) is 11.5. The van der Waals surface area contributed by atoms with Gasteiger partial charge in [-0.05, 0) is 58.8 Å². The van der Waals surface area contributed by atoms with Gasteiger partial charge in [0.1, 0.15) is 0 Å². The van der Waals surface area contributed by atoms with E-state index in [0.29, 0.717) is 23.1 Å². The molecular formula is C19H16F3NO2S. The van der Waals surface area contributed by atoms with Crippen LogP contribution in [0.3, 0.4) is 0 Å². The zero-order chi connectivity index (χ0) is 18.7. The third kappa shape index (κ3) is 4.16. The zero-order valence-electron chi connectivity index (χ0n) is 13.9. The van der Waals surface area contributed by atoms with Crippen molar-refractivity contribution in [1.82, 2.24) is 4.98 Å². The number of H-pyrrole nitrogens is 1. The van der Waals surface area contributed by atoms with E-state index >= 15 is 0 Å². The number of aryl methyl sites for hydroxylation is 1. The van der Waals surface area contributed by atoms with Crippen LogP contribution in [0.15, 0.2) is 48.0 Å². The van der Waals surface area contributed by atoms with Crippen LogP contribution in [0.2, 0.25) is 0 Å². The van der Waals surface area contributed by atoms with Gasteiger partial charge in [-0.25, -0.2) is 0 Å². The number of aromatic amines is 1. The lowest BCUT2D eigenvalue weighted by atomic mass is 10.00. The summed E-state index contributed by atoms with van der Waals surface area (Å²) in [7, 11) is 1.32. The van der Waals surface area contributed by atoms with E-state index in [1.807, 2.05) is 5.38 Å². The number of rotatable bonds is 5. The fourth-order valence-corrected chi connectivity index (χ4v) is 3.35. The van der Waals surface area contributed by atoms with Crippen LogP contribution in [-0.2, 0) is 22.1 Å². The van der Waals surface area contributed by atoms with Gasteiger partial charge in [0.2, 0.25) is 0 Å². The minimum absolute atomic E-state index is 0.208. The molecule has 0 atom stereocenters. The highest BCUT2D eigenvalue weighted by Crippen LogP contribution is 2.37. The molecule has 0 amide bonds. The maximum absolute atomic E-state index is 13.3. The summed E-state index contributed by atoms with van der Waals surface area (Å²) in [5, 5.41) is 1.83. The van der Waals surface area contributed by atoms with Gasteiger partial charge in [-0.1, -0.05) is 6.07 Å². The summed E-state index contributed by atoms with van der Waals surface area (Å²) >= 11 is 1.39. The Morgan fingerprint density at radius 3 is 2.58 bits per heavy atom. The third-order valence-electron chi connectivity index (χ3n) is 3.97. The van der Waals surface area contributed by atoms with Crippen LogP contribution < -0.4 is 0 Å². The Labute approximate surface area is 152 Å². The summed E-state index contributed by atoms with van der Waals surface area (Å²) < 4.78 is 44.5. The molecular weight excluding hydrogens is 363 g/mol. The third-order valence-corrected chi connectivity index (χ3v) is 4.89. The van der Waals surface area contributed by atoms with Crippen molar-refractivity contribution in [2.75, 3.05) is 7.11 Å². The summed E-state index contributed by atoms with van der Waals surface area (Å²) in [5.41, 5.74) is 1.73. The van der Waals surface area contributed by atoms with Gasteiger partial charge in [-0.3, -0.25) is 4.79 Å². The molecule has 3 rings (SSSR count). The van der Waals surface area contributed by atoms with E-state index in [0.717, 1.165) is 16.6 Å². The second kappa shape index (κ2) is 7.37. The van der Waals surface area contributed by atoms with Crippen molar-refractivity contribution in [3.05, 3.63) is 59.2 Å². The maximum atomic E-state index is 13.3. The van der Waals surface area contributed by atoms with Gasteiger partial charge in [0, 0.05) is 16.8 Å². The zero-order valence-corrected chi connectivity index (χ0v) is 14.7. The molecule has 7 heteroatoms. The first kappa shape index (κ1) is 18.3. The quantitative estimate of drug-likeness (QED) is 0.592. The minimum atomic E-state index is -4.42. The molecule has 0 fully saturated rings. The highest BCUT2D eigenvalue weighted by atomic mass is 32.1. The number of esters is 1. The van der Waals surface area contributed by atoms with Crippen molar-refractivity contribution in [2.24, 2.45) is 0 Å². The Bertz CT molecular complexity index is 898. The molecule has 3 aromatic rings. The van der Waals surface area contributed by atoms with E-state index in [-0.39, 0.29) is 12.4 Å². The second-order valence-corrected chi connectivity index (χ2v) is 6.71. The number of benzene rings is 1. The first-order chi connectivity index (χ1) is 12.4. The molecule has 0 saturated carbocycles. The van der Waals surface area contributed by atoms with E-state index in [4.69, 9.17) is 0 Å². The number of hydrogen-bond acceptors (Lipinski definition) is 3. The standard InChI is InChI=1S/C19H16F3NO2S/c1-25-18(24)5-4-16-10-14(11-23-16)12-7-13(17-3-2-6-26-17)9-15(8-12)19(20,21)22/h2-3,6-11,23H,4-5H2,1H3. The molecule has 3 nitrogen and oxygen atoms in total. The number of carbonyl (C=O) groups is 1. The Morgan fingerprint density at radius 2 is 1.92 bits per heavy atom. The summed E-state index contributed by atoms with van der Waals surface area (Å²) in [6, 6.07) is 9.42. The molecule has 2 heterocycles. The van der Waals surface area contributed by atoms with Crippen molar-refractivity contribution in [3.8, 4) is 21.6 Å². The fraction of sp³-hybridized carbons (Fsp3) is 0.211. The molecule has 1 N–H and O–H groups in total. The van der Waals surface area contributed by atoms with Crippen LogP contribution in [0.1, 0.15) is 17.7 Å². The van der Waals surface area contributed by atoms with Crippen LogP contribution in [0, 0.1) is 0 Å². The number of alkyl halides is 3. The van der Waals surface area contributed by atoms with Crippen molar-refractivity contribution >= 4 is 17.3 Å². The monoisotopic (exact) mass is 379 g/mol. The predicted molar refractivity (Wildman–Crippen MR) is 94.9 cm³/mol. The van der Waals surface area contributed by atoms with Gasteiger partial charge in [-0.2, -0.15) is 13.2 Å². The average Bonchev–Trinajstić information content (AvgIpc) is 3.30. The van der Waals surface area contributed by atoms with Gasteiger partial charge >= 0.3 is 12.1 Å². The minimum Gasteiger partial charge on any atom is -0.469 e. The molecule has 0 saturated heterocycles. The van der Waals surface area contributed by atoms with Gasteiger partial charge in [0.05, 0.1) is 19.1 Å². The molecule has 26 heavy (non-hydrogen) atoms. The molecule has 0 unspecified atom stereocenters. The Kier molecular flexibility index (Phi) is 5.18. The van der Waals surface area contributed by atoms with Gasteiger partial charge in [0.15, 0.2) is 0 Å². The molecule has 0 spiro atoms. The smallest absolute Gasteiger partial charge is 0.416 e. The molecule has 0 radical (unpaired) electrons. The van der Waals surface area contributed by atoms with E-state index in [1.165, 1.54) is 24.5 Å². The number of methoxy groups -OCH3 is 1. The van der Waals surface area contributed by atoms with Crippen molar-refractivity contribution in [1.29, 1.82) is 0 Å². The van der Waals surface area contributed by atoms with Crippen LogP contribution in [0.4, 0.5) is 13.2 Å². The van der Waals surface area contributed by atoms with Crippen molar-refractivity contribution in [3.63, 3.8) is 0 Å². The number of ether oxygens (including phenoxy) is 1. The molecule has 1 aromatic carbocycles. The number of thiophene rings is 1. The second-order valence-electron chi connectivity index (χ2n) is 5.76. The Hall–Kier alpha value is -2.54. The number of nitrogens with one attached hydrogen (secondary N) is 1. The lowest BCUT2D eigenvalue weighted by Gasteiger charge is -2.11. The van der Waals surface area contributed by atoms with Gasteiger partial charge < -0.3 is 9.72 Å². The van der Waals surface area contributed by atoms with E-state index in [1.54, 1.807) is 30.5 Å². The Balaban J connectivity index is 1.95. The highest BCUT2D eigenvalue weighted by molar-refractivity contribution is 7.13. The lowest BCUT2D eigenvalue weighted by molar-refractivity contribution is -0.140. The fourth-order valence-electron chi connectivity index (χ4n) is 2.63. The van der Waals surface area contributed by atoms with Crippen molar-refractivity contribution < 1.29 is 22.7 Å². The number of aromatic nitrogens is 1. The van der Waals surface area contributed by atoms with E-state index in [2.05, 4.69) is 9.72 Å². The van der Waals surface area contributed by atoms with E-state index < -0.39 is 11.7 Å². The van der Waals surface area contributed by atoms with Gasteiger partial charge in [0.25, 0.3) is 0 Å². The van der Waals surface area contributed by atoms with Crippen molar-refractivity contribution in [2.45, 2.75) is 19.0 Å². The van der Waals surface area contributed by atoms with Crippen LogP contribution in [0.5, 0.6) is 0 Å². The first-order valence-corrected chi connectivity index (χ1v) is 8.75. The molecule has 0 aliphatic rings. The highest BCUT2D eigenvalue weighted by Gasteiger charge is 2.31. The SMILES string of the molecule is COC(=O)CCc1cc(-c2cc(-c3cccs3)cc(C(F)(F)F)c2)c[nH]1. The molecule has 0 bridgehead atoms. The van der Waals surface area contributed by atoms with E-state index in [9.17, 15) is 18.0 Å². The van der Waals surface area contributed by atoms with Crippen LogP contribution in [-0.4, -0.2) is 18.1 Å². The maximum Gasteiger partial charge on any atom is 0.416 e. The average molecular weight is 379 g/mol. The van der Waals surface area contributed by atoms with Gasteiger partial charge in [-0.15, -0.1) is 11.3 Å². The molecule has 136 valence electrons. The van der Waals surface area contributed by atoms with Crippen LogP contribution >= 0.6 is 11.3 Å². The number of carbonyl (C=O) groups excluding carboxylic acids is 1. The molecule has 2 aromatic heterocycles. The summed E-state index contributed by atoms with van der Waals surface area (Å²) in [5.74, 6) is -0.333. The first-order valence-electron chi connectivity index (χ1n) is 7.87. The lowest BCUT2D eigenvalue weighted by Crippen LogP contribution is -2.05. The molecule has 0 aliphatic carbocycles. The summed E-state index contributed by atoms with van der Waals surface area (Å²) in [6.45, 7) is 0. The largest absolute Gasteiger partial charge is 0.469 e. The summed E-state index contributed by atoms with van der Waals surface area (Å²) in [6.07, 6.45) is -2.13. The van der Waals surface area contributed by atoms with Crippen LogP contribution in [0.25, 0.3) is 21.6 Å².